The summed E-state index contributed by atoms with van der Waals surface area (Å²) in [7, 11) is 0. The summed E-state index contributed by atoms with van der Waals surface area (Å²) >= 11 is 0. The number of hydrogen-bond acceptors (Lipinski definition) is 4. The monoisotopic (exact) mass is 349 g/mol. The lowest BCUT2D eigenvalue weighted by Gasteiger charge is -2.21. The number of amides is 1. The molecule has 1 heterocycles. The molecule has 7 heteroatoms. The summed E-state index contributed by atoms with van der Waals surface area (Å²) in [6.07, 6.45) is 4.10. The number of carbonyl (C=O) groups is 3. The minimum atomic E-state index is -1.08. The van der Waals surface area contributed by atoms with Crippen LogP contribution in [0.3, 0.4) is 0 Å². The van der Waals surface area contributed by atoms with Gasteiger partial charge >= 0.3 is 11.9 Å². The van der Waals surface area contributed by atoms with Crippen molar-refractivity contribution in [3.63, 3.8) is 0 Å². The van der Waals surface area contributed by atoms with Gasteiger partial charge in [-0.05, 0) is 30.5 Å². The number of hydrogen-bond donors (Lipinski definition) is 2. The topological polar surface area (TPSA) is 92.7 Å². The summed E-state index contributed by atoms with van der Waals surface area (Å²) in [5.74, 6) is -3.11. The molecule has 0 saturated carbocycles. The van der Waals surface area contributed by atoms with Crippen LogP contribution in [0.5, 0.6) is 0 Å². The van der Waals surface area contributed by atoms with E-state index in [1.54, 1.807) is 12.2 Å². The molecule has 2 atom stereocenters. The van der Waals surface area contributed by atoms with E-state index in [0.717, 1.165) is 0 Å². The SMILES string of the molecule is O=C(O)C[C@@H]1CC=CCCC(=O)N[C@H](c2ccc(F)cc2)COC1=O. The van der Waals surface area contributed by atoms with Crippen LogP contribution < -0.4 is 5.32 Å². The zero-order valence-electron chi connectivity index (χ0n) is 13.6. The molecule has 1 amide bonds. The molecule has 1 aromatic rings. The number of carboxylic acids is 1. The zero-order valence-corrected chi connectivity index (χ0v) is 13.6. The van der Waals surface area contributed by atoms with Gasteiger partial charge in [-0.3, -0.25) is 14.4 Å². The van der Waals surface area contributed by atoms with Crippen LogP contribution in [0.1, 0.15) is 37.3 Å². The van der Waals surface area contributed by atoms with E-state index in [1.807, 2.05) is 0 Å². The first-order chi connectivity index (χ1) is 12.0. The standard InChI is InChI=1S/C18H20FNO5/c19-14-8-6-12(7-9-14)15-11-25-18(24)13(10-17(22)23)4-2-1-3-5-16(21)20-15/h1-2,6-9,13,15H,3-5,10-11H2,(H,20,21)(H,22,23)/t13-,15-/m0/s1. The Kier molecular flexibility index (Phi) is 6.68. The van der Waals surface area contributed by atoms with Crippen molar-refractivity contribution < 1.29 is 28.6 Å². The third-order valence-corrected chi connectivity index (χ3v) is 3.88. The highest BCUT2D eigenvalue weighted by molar-refractivity contribution is 5.79. The van der Waals surface area contributed by atoms with Crippen molar-refractivity contribution >= 4 is 17.8 Å². The number of carboxylic acid groups (broad SMARTS) is 1. The van der Waals surface area contributed by atoms with Gasteiger partial charge in [-0.2, -0.15) is 0 Å². The second-order valence-corrected chi connectivity index (χ2v) is 5.84. The molecule has 0 aliphatic carbocycles. The largest absolute Gasteiger partial charge is 0.481 e. The Morgan fingerprint density at radius 1 is 1.24 bits per heavy atom. The first-order valence-corrected chi connectivity index (χ1v) is 8.04. The van der Waals surface area contributed by atoms with Gasteiger partial charge in [-0.15, -0.1) is 0 Å². The van der Waals surface area contributed by atoms with Crippen molar-refractivity contribution in [2.75, 3.05) is 6.61 Å². The summed E-state index contributed by atoms with van der Waals surface area (Å²) in [4.78, 5) is 35.1. The lowest BCUT2D eigenvalue weighted by atomic mass is 10.0. The number of benzene rings is 1. The second kappa shape index (κ2) is 8.96. The molecule has 1 aromatic carbocycles. The number of carbonyl (C=O) groups excluding carboxylic acids is 2. The summed E-state index contributed by atoms with van der Waals surface area (Å²) in [5.41, 5.74) is 0.602. The summed E-state index contributed by atoms with van der Waals surface area (Å²) in [6, 6.07) is 4.92. The van der Waals surface area contributed by atoms with Crippen molar-refractivity contribution in [3.05, 3.63) is 47.8 Å². The highest BCUT2D eigenvalue weighted by Gasteiger charge is 2.24. The molecule has 0 bridgehead atoms. The molecule has 0 unspecified atom stereocenters. The quantitative estimate of drug-likeness (QED) is 0.645. The van der Waals surface area contributed by atoms with E-state index in [4.69, 9.17) is 9.84 Å². The highest BCUT2D eigenvalue weighted by atomic mass is 19.1. The normalized spacial score (nSPS) is 22.3. The van der Waals surface area contributed by atoms with Crippen molar-refractivity contribution in [2.45, 2.75) is 31.7 Å². The summed E-state index contributed by atoms with van der Waals surface area (Å²) < 4.78 is 18.3. The summed E-state index contributed by atoms with van der Waals surface area (Å²) in [5, 5.41) is 11.7. The molecule has 2 N–H and O–H groups in total. The predicted molar refractivity (Wildman–Crippen MR) is 87.0 cm³/mol. The average Bonchev–Trinajstić information content (AvgIpc) is 2.56. The second-order valence-electron chi connectivity index (χ2n) is 5.84. The Morgan fingerprint density at radius 3 is 2.64 bits per heavy atom. The fourth-order valence-electron chi connectivity index (χ4n) is 2.53. The van der Waals surface area contributed by atoms with Crippen LogP contribution in [0.25, 0.3) is 0 Å². The maximum absolute atomic E-state index is 13.1. The molecule has 2 rings (SSSR count). The van der Waals surface area contributed by atoms with Gasteiger partial charge in [0.05, 0.1) is 18.4 Å². The van der Waals surface area contributed by atoms with Gasteiger partial charge in [0.25, 0.3) is 0 Å². The first-order valence-electron chi connectivity index (χ1n) is 8.04. The Morgan fingerprint density at radius 2 is 1.96 bits per heavy atom. The fourth-order valence-corrected chi connectivity index (χ4v) is 2.53. The van der Waals surface area contributed by atoms with Crippen LogP contribution in [0.15, 0.2) is 36.4 Å². The number of aliphatic carboxylic acids is 1. The summed E-state index contributed by atoms with van der Waals surface area (Å²) in [6.45, 7) is -0.143. The van der Waals surface area contributed by atoms with Crippen molar-refractivity contribution in [2.24, 2.45) is 5.92 Å². The van der Waals surface area contributed by atoms with E-state index in [1.165, 1.54) is 24.3 Å². The Balaban J connectivity index is 2.17. The molecule has 6 nitrogen and oxygen atoms in total. The van der Waals surface area contributed by atoms with Crippen LogP contribution in [0.4, 0.5) is 4.39 Å². The Labute approximate surface area is 144 Å². The zero-order chi connectivity index (χ0) is 18.2. The number of ether oxygens (including phenoxy) is 1. The molecule has 1 aliphatic heterocycles. The van der Waals surface area contributed by atoms with Crippen LogP contribution in [-0.4, -0.2) is 29.6 Å². The smallest absolute Gasteiger partial charge is 0.309 e. The lowest BCUT2D eigenvalue weighted by Crippen LogP contribution is -2.33. The van der Waals surface area contributed by atoms with Crippen LogP contribution in [-0.2, 0) is 19.1 Å². The van der Waals surface area contributed by atoms with Crippen molar-refractivity contribution in [1.82, 2.24) is 5.32 Å². The van der Waals surface area contributed by atoms with E-state index in [2.05, 4.69) is 5.32 Å². The van der Waals surface area contributed by atoms with Gasteiger partial charge in [0.1, 0.15) is 12.4 Å². The number of allylic oxidation sites excluding steroid dienone is 2. The number of halogens is 1. The van der Waals surface area contributed by atoms with Gasteiger partial charge in [-0.1, -0.05) is 24.3 Å². The number of esters is 1. The molecule has 25 heavy (non-hydrogen) atoms. The molecule has 0 fully saturated rings. The predicted octanol–water partition coefficient (Wildman–Crippen LogP) is 2.36. The molecule has 0 radical (unpaired) electrons. The maximum Gasteiger partial charge on any atom is 0.309 e. The Bertz CT molecular complexity index is 656. The van der Waals surface area contributed by atoms with Crippen molar-refractivity contribution in [3.8, 4) is 0 Å². The number of rotatable bonds is 3. The molecular formula is C18H20FNO5. The van der Waals surface area contributed by atoms with Gasteiger partial charge in [-0.25, -0.2) is 4.39 Å². The van der Waals surface area contributed by atoms with Gasteiger partial charge in [0.15, 0.2) is 0 Å². The number of cyclic esters (lactones) is 1. The van der Waals surface area contributed by atoms with Crippen LogP contribution >= 0.6 is 0 Å². The average molecular weight is 349 g/mol. The molecule has 0 spiro atoms. The molecule has 0 saturated heterocycles. The third kappa shape index (κ3) is 6.02. The van der Waals surface area contributed by atoms with Crippen molar-refractivity contribution in [1.29, 1.82) is 0 Å². The highest BCUT2D eigenvalue weighted by Crippen LogP contribution is 2.18. The Hall–Kier alpha value is -2.70. The molecular weight excluding hydrogens is 329 g/mol. The van der Waals surface area contributed by atoms with E-state index in [0.29, 0.717) is 12.0 Å². The molecule has 0 aromatic heterocycles. The minimum Gasteiger partial charge on any atom is -0.481 e. The van der Waals surface area contributed by atoms with Crippen LogP contribution in [0.2, 0.25) is 0 Å². The lowest BCUT2D eigenvalue weighted by molar-refractivity contribution is -0.153. The maximum atomic E-state index is 13.1. The third-order valence-electron chi connectivity index (χ3n) is 3.88. The molecule has 134 valence electrons. The minimum absolute atomic E-state index is 0.143. The van der Waals surface area contributed by atoms with Crippen LogP contribution in [0, 0.1) is 11.7 Å². The van der Waals surface area contributed by atoms with Gasteiger partial charge < -0.3 is 15.2 Å². The molecule has 1 aliphatic rings. The number of nitrogens with one attached hydrogen (secondary N) is 1. The van der Waals surface area contributed by atoms with E-state index in [-0.39, 0.29) is 31.8 Å². The van der Waals surface area contributed by atoms with Gasteiger partial charge in [0.2, 0.25) is 5.91 Å². The fraction of sp³-hybridized carbons (Fsp3) is 0.389. The van der Waals surface area contributed by atoms with Gasteiger partial charge in [0, 0.05) is 6.42 Å². The van der Waals surface area contributed by atoms with E-state index in [9.17, 15) is 18.8 Å². The van der Waals surface area contributed by atoms with E-state index < -0.39 is 29.7 Å². The first kappa shape index (κ1) is 18.6. The van der Waals surface area contributed by atoms with E-state index >= 15 is 0 Å².